The van der Waals surface area contributed by atoms with E-state index in [9.17, 15) is 18.0 Å². The quantitative estimate of drug-likeness (QED) is 0.753. The van der Waals surface area contributed by atoms with Crippen molar-refractivity contribution in [3.05, 3.63) is 63.9 Å². The molecule has 0 aromatic heterocycles. The van der Waals surface area contributed by atoms with E-state index in [1.807, 2.05) is 0 Å². The predicted octanol–water partition coefficient (Wildman–Crippen LogP) is 4.06. The van der Waals surface area contributed by atoms with Crippen molar-refractivity contribution in [2.45, 2.75) is 6.42 Å². The van der Waals surface area contributed by atoms with Gasteiger partial charge in [-0.25, -0.2) is 8.78 Å². The zero-order valence-corrected chi connectivity index (χ0v) is 12.3. The van der Waals surface area contributed by atoms with E-state index >= 15 is 0 Å². The molecule has 2 aromatic carbocycles. The van der Waals surface area contributed by atoms with E-state index in [2.05, 4.69) is 15.9 Å². The summed E-state index contributed by atoms with van der Waals surface area (Å²) in [5.74, 6) is -3.28. The monoisotopic (exact) mass is 358 g/mol. The van der Waals surface area contributed by atoms with Gasteiger partial charge in [0.15, 0.2) is 17.3 Å². The van der Waals surface area contributed by atoms with E-state index in [1.165, 1.54) is 30.3 Å². The van der Waals surface area contributed by atoms with Gasteiger partial charge in [-0.2, -0.15) is 4.39 Å². The minimum atomic E-state index is -1.15. The van der Waals surface area contributed by atoms with Gasteiger partial charge in [0.1, 0.15) is 12.4 Å². The smallest absolute Gasteiger partial charge is 0.200 e. The molecule has 0 spiro atoms. The molecule has 0 fully saturated rings. The van der Waals surface area contributed by atoms with Crippen molar-refractivity contribution in [1.29, 1.82) is 0 Å². The highest BCUT2D eigenvalue weighted by Gasteiger charge is 2.13. The molecule has 0 saturated carbocycles. The van der Waals surface area contributed by atoms with E-state index in [0.717, 1.165) is 6.07 Å². The Morgan fingerprint density at radius 3 is 2.43 bits per heavy atom. The molecule has 2 nitrogen and oxygen atoms in total. The summed E-state index contributed by atoms with van der Waals surface area (Å²) in [6.07, 6.45) is 0.0262. The highest BCUT2D eigenvalue weighted by atomic mass is 79.9. The standard InChI is InChI=1S/C15H10BrF3O2/c16-10-6-13(18)15(19)14(7-10)21-8-12(20)5-9-1-3-11(17)4-2-9/h1-4,6-7H,5,8H2. The first-order valence-corrected chi connectivity index (χ1v) is 6.78. The summed E-state index contributed by atoms with van der Waals surface area (Å²) in [7, 11) is 0. The number of carbonyl (C=O) groups is 1. The summed E-state index contributed by atoms with van der Waals surface area (Å²) >= 11 is 3.01. The Labute approximate surface area is 127 Å². The van der Waals surface area contributed by atoms with Gasteiger partial charge in [0.2, 0.25) is 5.82 Å². The van der Waals surface area contributed by atoms with Gasteiger partial charge in [0.25, 0.3) is 0 Å². The Bertz CT molecular complexity index is 657. The number of benzene rings is 2. The lowest BCUT2D eigenvalue weighted by Crippen LogP contribution is -2.14. The van der Waals surface area contributed by atoms with Crippen LogP contribution in [0, 0.1) is 17.5 Å². The van der Waals surface area contributed by atoms with Gasteiger partial charge in [-0.15, -0.1) is 0 Å². The van der Waals surface area contributed by atoms with Crippen molar-refractivity contribution in [1.82, 2.24) is 0 Å². The van der Waals surface area contributed by atoms with Gasteiger partial charge in [-0.1, -0.05) is 28.1 Å². The molecule has 6 heteroatoms. The number of carbonyl (C=O) groups excluding carboxylic acids is 1. The summed E-state index contributed by atoms with van der Waals surface area (Å²) in [4.78, 5) is 11.7. The second-order valence-electron chi connectivity index (χ2n) is 4.33. The summed E-state index contributed by atoms with van der Waals surface area (Å²) < 4.78 is 44.6. The van der Waals surface area contributed by atoms with Gasteiger partial charge in [0.05, 0.1) is 0 Å². The number of rotatable bonds is 5. The Kier molecular flexibility index (Phi) is 5.01. The number of ether oxygens (including phenoxy) is 1. The van der Waals surface area contributed by atoms with Crippen molar-refractivity contribution >= 4 is 21.7 Å². The second kappa shape index (κ2) is 6.76. The van der Waals surface area contributed by atoms with Crippen LogP contribution in [0.1, 0.15) is 5.56 Å². The molecule has 0 amide bonds. The highest BCUT2D eigenvalue weighted by Crippen LogP contribution is 2.25. The molecule has 0 radical (unpaired) electrons. The molecular formula is C15H10BrF3O2. The maximum absolute atomic E-state index is 13.4. The first-order valence-electron chi connectivity index (χ1n) is 5.99. The van der Waals surface area contributed by atoms with Crippen LogP contribution >= 0.6 is 15.9 Å². The van der Waals surface area contributed by atoms with Gasteiger partial charge >= 0.3 is 0 Å². The fourth-order valence-electron chi connectivity index (χ4n) is 1.68. The molecule has 2 rings (SSSR count). The first kappa shape index (κ1) is 15.6. The summed E-state index contributed by atoms with van der Waals surface area (Å²) in [5, 5.41) is 0. The number of Topliss-reactive ketones (excluding diaryl/α,β-unsaturated/α-hetero) is 1. The van der Waals surface area contributed by atoms with E-state index in [-0.39, 0.29) is 18.0 Å². The molecule has 0 atom stereocenters. The molecule has 0 bridgehead atoms. The van der Waals surface area contributed by atoms with E-state index in [1.54, 1.807) is 0 Å². The van der Waals surface area contributed by atoms with Crippen molar-refractivity contribution in [2.75, 3.05) is 6.61 Å². The average Bonchev–Trinajstić information content (AvgIpc) is 2.44. The molecule has 0 unspecified atom stereocenters. The fourth-order valence-corrected chi connectivity index (χ4v) is 2.09. The Morgan fingerprint density at radius 1 is 1.10 bits per heavy atom. The summed E-state index contributed by atoms with van der Waals surface area (Å²) in [6.45, 7) is -0.399. The molecule has 110 valence electrons. The van der Waals surface area contributed by atoms with E-state index < -0.39 is 24.1 Å². The molecule has 0 aliphatic rings. The minimum absolute atomic E-state index is 0.0262. The van der Waals surface area contributed by atoms with Crippen molar-refractivity contribution in [3.8, 4) is 5.75 Å². The topological polar surface area (TPSA) is 26.3 Å². The van der Waals surface area contributed by atoms with Crippen LogP contribution in [0.2, 0.25) is 0 Å². The Balaban J connectivity index is 1.97. The third-order valence-electron chi connectivity index (χ3n) is 2.66. The van der Waals surface area contributed by atoms with Crippen LogP contribution in [0.5, 0.6) is 5.75 Å². The van der Waals surface area contributed by atoms with Crippen LogP contribution < -0.4 is 4.74 Å². The van der Waals surface area contributed by atoms with E-state index in [4.69, 9.17) is 4.74 Å². The Hall–Kier alpha value is -1.82. The molecule has 0 N–H and O–H groups in total. The lowest BCUT2D eigenvalue weighted by molar-refractivity contribution is -0.120. The van der Waals surface area contributed by atoms with Gasteiger partial charge in [-0.3, -0.25) is 4.79 Å². The van der Waals surface area contributed by atoms with Crippen LogP contribution in [-0.4, -0.2) is 12.4 Å². The lowest BCUT2D eigenvalue weighted by atomic mass is 10.1. The van der Waals surface area contributed by atoms with Gasteiger partial charge in [-0.05, 0) is 29.8 Å². The van der Waals surface area contributed by atoms with E-state index in [0.29, 0.717) is 10.0 Å². The van der Waals surface area contributed by atoms with Crippen molar-refractivity contribution < 1.29 is 22.7 Å². The minimum Gasteiger partial charge on any atom is -0.483 e. The molecule has 0 saturated heterocycles. The molecule has 2 aromatic rings. The predicted molar refractivity (Wildman–Crippen MR) is 74.7 cm³/mol. The van der Waals surface area contributed by atoms with Crippen LogP contribution in [0.4, 0.5) is 13.2 Å². The fraction of sp³-hybridized carbons (Fsp3) is 0.133. The Morgan fingerprint density at radius 2 is 1.76 bits per heavy atom. The number of hydrogen-bond acceptors (Lipinski definition) is 2. The molecular weight excluding hydrogens is 349 g/mol. The zero-order chi connectivity index (χ0) is 15.4. The molecule has 0 aliphatic heterocycles. The molecule has 21 heavy (non-hydrogen) atoms. The van der Waals surface area contributed by atoms with Crippen LogP contribution in [-0.2, 0) is 11.2 Å². The third-order valence-corrected chi connectivity index (χ3v) is 3.12. The lowest BCUT2D eigenvalue weighted by Gasteiger charge is -2.08. The number of halogens is 4. The summed E-state index contributed by atoms with van der Waals surface area (Å²) in [5.41, 5.74) is 0.617. The maximum atomic E-state index is 13.4. The third kappa shape index (κ3) is 4.32. The number of ketones is 1. The average molecular weight is 359 g/mol. The first-order chi connectivity index (χ1) is 9.95. The largest absolute Gasteiger partial charge is 0.483 e. The van der Waals surface area contributed by atoms with Gasteiger partial charge in [0, 0.05) is 10.9 Å². The molecule has 0 aliphatic carbocycles. The van der Waals surface area contributed by atoms with Gasteiger partial charge < -0.3 is 4.74 Å². The number of hydrogen-bond donors (Lipinski definition) is 0. The molecule has 0 heterocycles. The zero-order valence-electron chi connectivity index (χ0n) is 10.7. The van der Waals surface area contributed by atoms with Crippen LogP contribution in [0.3, 0.4) is 0 Å². The van der Waals surface area contributed by atoms with Crippen LogP contribution in [0.25, 0.3) is 0 Å². The van der Waals surface area contributed by atoms with Crippen LogP contribution in [0.15, 0.2) is 40.9 Å². The normalized spacial score (nSPS) is 10.5. The van der Waals surface area contributed by atoms with Crippen molar-refractivity contribution in [3.63, 3.8) is 0 Å². The SMILES string of the molecule is O=C(COc1cc(Br)cc(F)c1F)Cc1ccc(F)cc1. The summed E-state index contributed by atoms with van der Waals surface area (Å²) in [6, 6.07) is 7.64. The van der Waals surface area contributed by atoms with Crippen molar-refractivity contribution in [2.24, 2.45) is 0 Å². The maximum Gasteiger partial charge on any atom is 0.200 e. The highest BCUT2D eigenvalue weighted by molar-refractivity contribution is 9.10. The second-order valence-corrected chi connectivity index (χ2v) is 5.25.